The third-order valence-corrected chi connectivity index (χ3v) is 2.62. The molecule has 1 heterocycles. The molecular formula is C13H15N3O. The van der Waals surface area contributed by atoms with E-state index in [0.29, 0.717) is 5.89 Å². The molecule has 0 radical (unpaired) electrons. The van der Waals surface area contributed by atoms with Gasteiger partial charge in [-0.25, -0.2) is 4.98 Å². The third-order valence-electron chi connectivity index (χ3n) is 2.62. The Morgan fingerprint density at radius 3 is 3.12 bits per heavy atom. The van der Waals surface area contributed by atoms with Crippen LogP contribution in [0.2, 0.25) is 0 Å². The second kappa shape index (κ2) is 4.98. The normalized spacial score (nSPS) is 12.5. The molecule has 0 amide bonds. The zero-order valence-electron chi connectivity index (χ0n) is 10.0. The van der Waals surface area contributed by atoms with Crippen molar-refractivity contribution >= 4 is 11.1 Å². The van der Waals surface area contributed by atoms with Gasteiger partial charge in [-0.15, -0.1) is 0 Å². The maximum absolute atomic E-state index is 8.64. The van der Waals surface area contributed by atoms with Gasteiger partial charge in [0.1, 0.15) is 5.52 Å². The van der Waals surface area contributed by atoms with Gasteiger partial charge in [0.25, 0.3) is 0 Å². The van der Waals surface area contributed by atoms with Crippen LogP contribution >= 0.6 is 0 Å². The number of fused-ring (bicyclic) bond motifs is 1. The summed E-state index contributed by atoms with van der Waals surface area (Å²) in [6.45, 7) is 4.48. The summed E-state index contributed by atoms with van der Waals surface area (Å²) in [6, 6.07) is 8.06. The Labute approximate surface area is 100 Å². The third kappa shape index (κ3) is 2.83. The molecule has 2 aromatic rings. The highest BCUT2D eigenvalue weighted by Gasteiger charge is 2.03. The number of nitrogens with one attached hydrogen (secondary N) is 1. The number of nitrogens with zero attached hydrogens (tertiary/aromatic N) is 2. The van der Waals surface area contributed by atoms with Crippen LogP contribution in [-0.4, -0.2) is 17.6 Å². The van der Waals surface area contributed by atoms with E-state index in [1.54, 1.807) is 0 Å². The summed E-state index contributed by atoms with van der Waals surface area (Å²) in [6.07, 6.45) is 0.877. The van der Waals surface area contributed by atoms with Crippen molar-refractivity contribution in [1.82, 2.24) is 10.3 Å². The van der Waals surface area contributed by atoms with Gasteiger partial charge in [-0.05, 0) is 31.0 Å². The maximum atomic E-state index is 8.64. The summed E-state index contributed by atoms with van der Waals surface area (Å²) in [5.74, 6) is 0.688. The fourth-order valence-electron chi connectivity index (χ4n) is 1.72. The molecule has 0 saturated carbocycles. The molecule has 2 rings (SSSR count). The maximum Gasteiger partial charge on any atom is 0.192 e. The lowest BCUT2D eigenvalue weighted by Crippen LogP contribution is -2.26. The molecule has 0 spiro atoms. The number of benzene rings is 1. The van der Waals surface area contributed by atoms with Crippen molar-refractivity contribution in [2.75, 3.05) is 6.54 Å². The predicted octanol–water partition coefficient (Wildman–Crippen LogP) is 2.18. The van der Waals surface area contributed by atoms with Gasteiger partial charge in [-0.2, -0.15) is 5.26 Å². The first-order valence-electron chi connectivity index (χ1n) is 5.68. The van der Waals surface area contributed by atoms with Crippen molar-refractivity contribution in [2.24, 2.45) is 0 Å². The van der Waals surface area contributed by atoms with Crippen LogP contribution in [0.1, 0.15) is 18.4 Å². The van der Waals surface area contributed by atoms with Crippen molar-refractivity contribution in [3.63, 3.8) is 0 Å². The fourth-order valence-corrected chi connectivity index (χ4v) is 1.72. The van der Waals surface area contributed by atoms with Crippen molar-refractivity contribution in [3.05, 3.63) is 29.7 Å². The number of hydrogen-bond donors (Lipinski definition) is 1. The number of aryl methyl sites for hydroxylation is 1. The molecule has 4 heteroatoms. The molecule has 0 aliphatic rings. The standard InChI is InChI=1S/C13H15N3O/c1-9(8-14)15-6-5-11-3-4-12-13(7-11)17-10(2)16-12/h3-4,7,9,15H,5-6H2,1-2H3. The van der Waals surface area contributed by atoms with E-state index in [9.17, 15) is 0 Å². The Morgan fingerprint density at radius 2 is 2.35 bits per heavy atom. The first-order valence-corrected chi connectivity index (χ1v) is 5.68. The summed E-state index contributed by atoms with van der Waals surface area (Å²) in [5.41, 5.74) is 2.91. The Kier molecular flexibility index (Phi) is 3.40. The van der Waals surface area contributed by atoms with E-state index in [4.69, 9.17) is 9.68 Å². The topological polar surface area (TPSA) is 61.9 Å². The average molecular weight is 229 g/mol. The molecule has 0 bridgehead atoms. The smallest absolute Gasteiger partial charge is 0.192 e. The Bertz CT molecular complexity index is 553. The minimum absolute atomic E-state index is 0.105. The lowest BCUT2D eigenvalue weighted by molar-refractivity contribution is 0.560. The minimum atomic E-state index is -0.105. The van der Waals surface area contributed by atoms with E-state index in [-0.39, 0.29) is 6.04 Å². The quantitative estimate of drug-likeness (QED) is 0.872. The van der Waals surface area contributed by atoms with E-state index in [2.05, 4.69) is 16.4 Å². The van der Waals surface area contributed by atoms with Crippen LogP contribution in [0.15, 0.2) is 22.6 Å². The van der Waals surface area contributed by atoms with Crippen LogP contribution in [0.4, 0.5) is 0 Å². The molecule has 0 saturated heterocycles. The highest BCUT2D eigenvalue weighted by molar-refractivity contribution is 5.73. The van der Waals surface area contributed by atoms with Crippen molar-refractivity contribution in [3.8, 4) is 6.07 Å². The minimum Gasteiger partial charge on any atom is -0.441 e. The molecule has 1 aromatic heterocycles. The lowest BCUT2D eigenvalue weighted by Gasteiger charge is -2.05. The molecule has 1 N–H and O–H groups in total. The zero-order chi connectivity index (χ0) is 12.3. The number of nitriles is 1. The van der Waals surface area contributed by atoms with Crippen LogP contribution in [0.5, 0.6) is 0 Å². The van der Waals surface area contributed by atoms with Gasteiger partial charge in [0, 0.05) is 13.5 Å². The van der Waals surface area contributed by atoms with Gasteiger partial charge in [0.05, 0.1) is 12.1 Å². The Hall–Kier alpha value is -1.86. The second-order valence-electron chi connectivity index (χ2n) is 4.09. The molecule has 1 atom stereocenters. The van der Waals surface area contributed by atoms with Gasteiger partial charge in [-0.1, -0.05) is 6.07 Å². The summed E-state index contributed by atoms with van der Waals surface area (Å²) in [7, 11) is 0. The van der Waals surface area contributed by atoms with Gasteiger partial charge in [0.2, 0.25) is 0 Å². The number of aromatic nitrogens is 1. The lowest BCUT2D eigenvalue weighted by atomic mass is 10.1. The van der Waals surface area contributed by atoms with Gasteiger partial charge < -0.3 is 9.73 Å². The molecule has 0 fully saturated rings. The Morgan fingerprint density at radius 1 is 1.53 bits per heavy atom. The molecule has 88 valence electrons. The number of hydrogen-bond acceptors (Lipinski definition) is 4. The molecule has 1 unspecified atom stereocenters. The summed E-state index contributed by atoms with van der Waals surface area (Å²) in [5, 5.41) is 11.8. The average Bonchev–Trinajstić information content (AvgIpc) is 2.68. The fraction of sp³-hybridized carbons (Fsp3) is 0.385. The Balaban J connectivity index is 2.02. The highest BCUT2D eigenvalue weighted by Crippen LogP contribution is 2.16. The second-order valence-corrected chi connectivity index (χ2v) is 4.09. The van der Waals surface area contributed by atoms with Crippen molar-refractivity contribution in [1.29, 1.82) is 5.26 Å². The van der Waals surface area contributed by atoms with E-state index < -0.39 is 0 Å². The molecule has 1 aromatic carbocycles. The van der Waals surface area contributed by atoms with Crippen molar-refractivity contribution in [2.45, 2.75) is 26.3 Å². The van der Waals surface area contributed by atoms with E-state index in [0.717, 1.165) is 24.1 Å². The van der Waals surface area contributed by atoms with Crippen LogP contribution in [0, 0.1) is 18.3 Å². The molecule has 4 nitrogen and oxygen atoms in total. The molecule has 17 heavy (non-hydrogen) atoms. The SMILES string of the molecule is Cc1nc2ccc(CCNC(C)C#N)cc2o1. The van der Waals surface area contributed by atoms with Crippen LogP contribution in [-0.2, 0) is 6.42 Å². The van der Waals surface area contributed by atoms with Gasteiger partial charge >= 0.3 is 0 Å². The zero-order valence-corrected chi connectivity index (χ0v) is 10.0. The number of rotatable bonds is 4. The van der Waals surface area contributed by atoms with Crippen LogP contribution in [0.3, 0.4) is 0 Å². The monoisotopic (exact) mass is 229 g/mol. The summed E-state index contributed by atoms with van der Waals surface area (Å²) >= 11 is 0. The molecular weight excluding hydrogens is 214 g/mol. The summed E-state index contributed by atoms with van der Waals surface area (Å²) < 4.78 is 5.47. The first-order chi connectivity index (χ1) is 8.19. The molecule has 0 aliphatic heterocycles. The van der Waals surface area contributed by atoms with Gasteiger partial charge in [0.15, 0.2) is 11.5 Å². The summed E-state index contributed by atoms with van der Waals surface area (Å²) in [4.78, 5) is 4.25. The first kappa shape index (κ1) is 11.6. The predicted molar refractivity (Wildman–Crippen MR) is 65.5 cm³/mol. The largest absolute Gasteiger partial charge is 0.441 e. The van der Waals surface area contributed by atoms with Gasteiger partial charge in [-0.3, -0.25) is 0 Å². The van der Waals surface area contributed by atoms with E-state index in [1.807, 2.05) is 32.0 Å². The van der Waals surface area contributed by atoms with E-state index in [1.165, 1.54) is 5.56 Å². The molecule has 0 aliphatic carbocycles. The van der Waals surface area contributed by atoms with Crippen LogP contribution < -0.4 is 5.32 Å². The van der Waals surface area contributed by atoms with Crippen LogP contribution in [0.25, 0.3) is 11.1 Å². The highest BCUT2D eigenvalue weighted by atomic mass is 16.3. The van der Waals surface area contributed by atoms with Crippen molar-refractivity contribution < 1.29 is 4.42 Å². The number of oxazole rings is 1. The van der Waals surface area contributed by atoms with E-state index >= 15 is 0 Å².